The molecule has 0 fully saturated rings. The number of halogens is 3. The van der Waals surface area contributed by atoms with Crippen molar-refractivity contribution >= 4 is 34.8 Å². The smallest absolute Gasteiger partial charge is 0.162 e. The van der Waals surface area contributed by atoms with E-state index in [0.717, 1.165) is 5.69 Å². The number of rotatable bonds is 1. The molecule has 0 aliphatic carbocycles. The van der Waals surface area contributed by atoms with Crippen molar-refractivity contribution in [3.63, 3.8) is 0 Å². The molecule has 1 heterocycles. The fraction of sp³-hybridized carbons (Fsp3) is 0.286. The van der Waals surface area contributed by atoms with Crippen molar-refractivity contribution in [3.8, 4) is 11.4 Å². The van der Waals surface area contributed by atoms with Gasteiger partial charge in [0.05, 0.1) is 10.7 Å². The highest BCUT2D eigenvalue weighted by Crippen LogP contribution is 2.31. The van der Waals surface area contributed by atoms with Gasteiger partial charge in [0, 0.05) is 16.0 Å². The molecule has 0 aliphatic heterocycles. The van der Waals surface area contributed by atoms with Crippen molar-refractivity contribution in [2.24, 2.45) is 0 Å². The Balaban J connectivity index is 2.63. The minimum atomic E-state index is -0.119. The van der Waals surface area contributed by atoms with Crippen molar-refractivity contribution in [2.75, 3.05) is 0 Å². The lowest BCUT2D eigenvalue weighted by molar-refractivity contribution is 0.568. The van der Waals surface area contributed by atoms with Crippen LogP contribution in [0.4, 0.5) is 0 Å². The summed E-state index contributed by atoms with van der Waals surface area (Å²) in [5.74, 6) is 0.491. The highest BCUT2D eigenvalue weighted by Gasteiger charge is 2.19. The van der Waals surface area contributed by atoms with Gasteiger partial charge in [-0.3, -0.25) is 0 Å². The summed E-state index contributed by atoms with van der Waals surface area (Å²) in [5, 5.41) is 1.53. The van der Waals surface area contributed by atoms with Gasteiger partial charge in [-0.15, -0.1) is 0 Å². The van der Waals surface area contributed by atoms with E-state index < -0.39 is 0 Å². The zero-order valence-electron chi connectivity index (χ0n) is 10.8. The molecule has 1 aromatic carbocycles. The summed E-state index contributed by atoms with van der Waals surface area (Å²) in [6.07, 6.45) is 0. The van der Waals surface area contributed by atoms with Gasteiger partial charge in [-0.2, -0.15) is 0 Å². The van der Waals surface area contributed by atoms with Gasteiger partial charge in [0.15, 0.2) is 5.82 Å². The second-order valence-electron chi connectivity index (χ2n) is 5.27. The van der Waals surface area contributed by atoms with Crippen LogP contribution < -0.4 is 0 Å². The lowest BCUT2D eigenvalue weighted by Gasteiger charge is -2.18. The number of hydrogen-bond acceptors (Lipinski definition) is 2. The first-order valence-electron chi connectivity index (χ1n) is 5.78. The summed E-state index contributed by atoms with van der Waals surface area (Å²) in [6, 6.07) is 6.95. The molecule has 0 aliphatic rings. The van der Waals surface area contributed by atoms with Gasteiger partial charge in [-0.25, -0.2) is 9.97 Å². The molecule has 2 rings (SSSR count). The Morgan fingerprint density at radius 2 is 1.63 bits per heavy atom. The van der Waals surface area contributed by atoms with E-state index >= 15 is 0 Å². The molecule has 2 aromatic rings. The minimum Gasteiger partial charge on any atom is -0.232 e. The summed E-state index contributed by atoms with van der Waals surface area (Å²) in [7, 11) is 0. The van der Waals surface area contributed by atoms with Crippen LogP contribution in [0.25, 0.3) is 11.4 Å². The van der Waals surface area contributed by atoms with Gasteiger partial charge in [0.25, 0.3) is 0 Å². The van der Waals surface area contributed by atoms with Crippen molar-refractivity contribution in [2.45, 2.75) is 26.2 Å². The molecule has 100 valence electrons. The summed E-state index contributed by atoms with van der Waals surface area (Å²) in [4.78, 5) is 8.77. The maximum absolute atomic E-state index is 6.17. The number of hydrogen-bond donors (Lipinski definition) is 0. The molecule has 5 heteroatoms. The van der Waals surface area contributed by atoms with Crippen LogP contribution in [0.15, 0.2) is 24.3 Å². The summed E-state index contributed by atoms with van der Waals surface area (Å²) < 4.78 is 0. The first-order chi connectivity index (χ1) is 8.77. The zero-order valence-corrected chi connectivity index (χ0v) is 13.1. The Hall–Kier alpha value is -0.830. The van der Waals surface area contributed by atoms with E-state index in [4.69, 9.17) is 34.8 Å². The molecular formula is C14H13Cl3N2. The molecule has 0 radical (unpaired) electrons. The van der Waals surface area contributed by atoms with Crippen molar-refractivity contribution in [1.82, 2.24) is 9.97 Å². The molecule has 0 N–H and O–H groups in total. The zero-order chi connectivity index (χ0) is 14.2. The largest absolute Gasteiger partial charge is 0.232 e. The van der Waals surface area contributed by atoms with E-state index in [-0.39, 0.29) is 5.41 Å². The topological polar surface area (TPSA) is 25.8 Å². The molecule has 1 aromatic heterocycles. The Labute approximate surface area is 127 Å². The van der Waals surface area contributed by atoms with Gasteiger partial charge >= 0.3 is 0 Å². The van der Waals surface area contributed by atoms with E-state index in [9.17, 15) is 0 Å². The van der Waals surface area contributed by atoms with Gasteiger partial charge in [0.2, 0.25) is 0 Å². The van der Waals surface area contributed by atoms with Gasteiger partial charge in [0.1, 0.15) is 5.15 Å². The normalized spacial score (nSPS) is 11.7. The van der Waals surface area contributed by atoms with Crippen LogP contribution in [0.1, 0.15) is 26.5 Å². The van der Waals surface area contributed by atoms with Gasteiger partial charge in [-0.1, -0.05) is 55.6 Å². The van der Waals surface area contributed by atoms with Crippen LogP contribution in [0, 0.1) is 0 Å². The fourth-order valence-electron chi connectivity index (χ4n) is 1.59. The Bertz CT molecular complexity index is 619. The molecule has 19 heavy (non-hydrogen) atoms. The molecule has 0 bridgehead atoms. The predicted octanol–water partition coefficient (Wildman–Crippen LogP) is 5.40. The minimum absolute atomic E-state index is 0.119. The highest BCUT2D eigenvalue weighted by molar-refractivity contribution is 6.35. The van der Waals surface area contributed by atoms with E-state index in [0.29, 0.717) is 26.6 Å². The van der Waals surface area contributed by atoms with E-state index in [1.54, 1.807) is 24.3 Å². The molecule has 2 nitrogen and oxygen atoms in total. The quantitative estimate of drug-likeness (QED) is 0.658. The summed E-state index contributed by atoms with van der Waals surface area (Å²) >= 11 is 18.2. The summed E-state index contributed by atoms with van der Waals surface area (Å²) in [6.45, 7) is 6.19. The van der Waals surface area contributed by atoms with Gasteiger partial charge in [-0.05, 0) is 24.3 Å². The number of nitrogens with zero attached hydrogens (tertiary/aromatic N) is 2. The van der Waals surface area contributed by atoms with Crippen molar-refractivity contribution < 1.29 is 0 Å². The third-order valence-corrected chi connectivity index (χ3v) is 3.39. The molecule has 0 atom stereocenters. The fourth-order valence-corrected chi connectivity index (χ4v) is 2.15. The SMILES string of the molecule is CC(C)(C)c1cc(Cl)nc(-c2cc(Cl)ccc2Cl)n1. The standard InChI is InChI=1S/C14H13Cl3N2/c1-14(2,3)11-7-12(17)19-13(18-11)9-6-8(15)4-5-10(9)16/h4-7H,1-3H3. The monoisotopic (exact) mass is 314 g/mol. The van der Waals surface area contributed by atoms with Crippen LogP contribution >= 0.6 is 34.8 Å². The summed E-state index contributed by atoms with van der Waals surface area (Å²) in [5.41, 5.74) is 1.42. The molecule has 0 saturated heterocycles. The number of benzene rings is 1. The van der Waals surface area contributed by atoms with E-state index in [2.05, 4.69) is 30.7 Å². The van der Waals surface area contributed by atoms with Crippen LogP contribution in [0.2, 0.25) is 15.2 Å². The van der Waals surface area contributed by atoms with Crippen LogP contribution in [-0.2, 0) is 5.41 Å². The highest BCUT2D eigenvalue weighted by atomic mass is 35.5. The maximum Gasteiger partial charge on any atom is 0.162 e. The molecule has 0 amide bonds. The Morgan fingerprint density at radius 3 is 2.26 bits per heavy atom. The van der Waals surface area contributed by atoms with E-state index in [1.807, 2.05) is 0 Å². The van der Waals surface area contributed by atoms with Crippen LogP contribution in [0.5, 0.6) is 0 Å². The third-order valence-electron chi connectivity index (χ3n) is 2.63. The molecule has 0 spiro atoms. The van der Waals surface area contributed by atoms with Crippen molar-refractivity contribution in [1.29, 1.82) is 0 Å². The Morgan fingerprint density at radius 1 is 0.947 bits per heavy atom. The van der Waals surface area contributed by atoms with Crippen LogP contribution in [0.3, 0.4) is 0 Å². The van der Waals surface area contributed by atoms with Crippen molar-refractivity contribution in [3.05, 3.63) is 45.2 Å². The van der Waals surface area contributed by atoms with Crippen LogP contribution in [-0.4, -0.2) is 9.97 Å². The lowest BCUT2D eigenvalue weighted by atomic mass is 9.92. The first-order valence-corrected chi connectivity index (χ1v) is 6.91. The predicted molar refractivity (Wildman–Crippen MR) is 81.2 cm³/mol. The second-order valence-corrected chi connectivity index (χ2v) is 6.50. The number of aromatic nitrogens is 2. The lowest BCUT2D eigenvalue weighted by Crippen LogP contribution is -2.14. The maximum atomic E-state index is 6.17. The molecular weight excluding hydrogens is 303 g/mol. The van der Waals surface area contributed by atoms with Gasteiger partial charge < -0.3 is 0 Å². The molecule has 0 unspecified atom stereocenters. The second kappa shape index (κ2) is 5.28. The first kappa shape index (κ1) is 14.6. The average Bonchev–Trinajstić information content (AvgIpc) is 2.30. The Kier molecular flexibility index (Phi) is 4.05. The average molecular weight is 316 g/mol. The third kappa shape index (κ3) is 3.38. The molecule has 0 saturated carbocycles. The van der Waals surface area contributed by atoms with E-state index in [1.165, 1.54) is 0 Å².